The highest BCUT2D eigenvalue weighted by Gasteiger charge is 2.50. The molecule has 0 saturated carbocycles. The predicted octanol–water partition coefficient (Wildman–Crippen LogP) is 1.92. The third kappa shape index (κ3) is 3.01. The molecule has 0 aliphatic heterocycles. The van der Waals surface area contributed by atoms with Crippen LogP contribution < -0.4 is 0 Å². The molecular formula is C8H11F4NO. The van der Waals surface area contributed by atoms with Gasteiger partial charge in [-0.3, -0.25) is 4.79 Å². The molecule has 14 heavy (non-hydrogen) atoms. The van der Waals surface area contributed by atoms with Crippen LogP contribution in [-0.4, -0.2) is 36.7 Å². The maximum Gasteiger partial charge on any atom is 0.383 e. The van der Waals surface area contributed by atoms with E-state index in [1.165, 1.54) is 6.92 Å². The van der Waals surface area contributed by atoms with E-state index in [4.69, 9.17) is 0 Å². The molecule has 0 bridgehead atoms. The first kappa shape index (κ1) is 12.9. The number of nitrogens with zero attached hydrogens (tertiary/aromatic N) is 1. The van der Waals surface area contributed by atoms with Crippen LogP contribution in [0.15, 0.2) is 12.2 Å². The molecule has 0 N–H and O–H groups in total. The van der Waals surface area contributed by atoms with Crippen LogP contribution >= 0.6 is 0 Å². The molecule has 0 fully saturated rings. The number of carbonyl (C=O) groups is 1. The second kappa shape index (κ2) is 4.43. The van der Waals surface area contributed by atoms with Gasteiger partial charge in [-0.15, -0.1) is 0 Å². The number of amides is 1. The number of halogens is 4. The van der Waals surface area contributed by atoms with Gasteiger partial charge in [0.05, 0.1) is 0 Å². The van der Waals surface area contributed by atoms with Crippen molar-refractivity contribution in [2.75, 3.05) is 13.6 Å². The van der Waals surface area contributed by atoms with Crippen molar-refractivity contribution >= 4 is 5.91 Å². The van der Waals surface area contributed by atoms with Crippen LogP contribution in [0.3, 0.4) is 0 Å². The highest BCUT2D eigenvalue weighted by Crippen LogP contribution is 2.24. The number of hydrogen-bond donors (Lipinski definition) is 0. The molecule has 0 unspecified atom stereocenters. The molecule has 0 rings (SSSR count). The van der Waals surface area contributed by atoms with Gasteiger partial charge in [-0.2, -0.15) is 8.78 Å². The fourth-order valence-electron chi connectivity index (χ4n) is 0.824. The Balaban J connectivity index is 4.53. The summed E-state index contributed by atoms with van der Waals surface area (Å²) in [6.07, 6.45) is -3.98. The lowest BCUT2D eigenvalue weighted by Crippen LogP contribution is -2.46. The molecule has 0 aromatic heterocycles. The van der Waals surface area contributed by atoms with Crippen LogP contribution in [0.2, 0.25) is 0 Å². The van der Waals surface area contributed by atoms with E-state index in [1.807, 2.05) is 0 Å². The topological polar surface area (TPSA) is 20.3 Å². The zero-order valence-electron chi connectivity index (χ0n) is 7.86. The summed E-state index contributed by atoms with van der Waals surface area (Å²) >= 11 is 0. The molecule has 0 aromatic rings. The van der Waals surface area contributed by atoms with Gasteiger partial charge in [-0.25, -0.2) is 8.78 Å². The van der Waals surface area contributed by atoms with Gasteiger partial charge in [0.1, 0.15) is 0 Å². The minimum absolute atomic E-state index is 0.166. The van der Waals surface area contributed by atoms with Gasteiger partial charge >= 0.3 is 12.3 Å². The Labute approximate surface area is 79.2 Å². The molecule has 82 valence electrons. The number of rotatable bonds is 4. The molecule has 0 aromatic carbocycles. The minimum Gasteiger partial charge on any atom is -0.336 e. The molecule has 0 saturated heterocycles. The average Bonchev–Trinajstić information content (AvgIpc) is 2.01. The van der Waals surface area contributed by atoms with Gasteiger partial charge < -0.3 is 4.90 Å². The standard InChI is InChI=1S/C8H11F4NO/c1-5(2)4-13(3)7(14)8(11,12)6(9)10/h6H,1,4H2,2-3H3. The second-order valence-corrected chi connectivity index (χ2v) is 3.04. The Morgan fingerprint density at radius 1 is 1.50 bits per heavy atom. The summed E-state index contributed by atoms with van der Waals surface area (Å²) in [5.74, 6) is -6.51. The smallest absolute Gasteiger partial charge is 0.336 e. The minimum atomic E-state index is -4.62. The van der Waals surface area contributed by atoms with Crippen molar-refractivity contribution in [1.29, 1.82) is 0 Å². The lowest BCUT2D eigenvalue weighted by molar-refractivity contribution is -0.178. The highest BCUT2D eigenvalue weighted by atomic mass is 19.3. The fraction of sp³-hybridized carbons (Fsp3) is 0.625. The normalized spacial score (nSPS) is 11.6. The number of carbonyl (C=O) groups excluding carboxylic acids is 1. The molecule has 6 heteroatoms. The molecule has 0 atom stereocenters. The van der Waals surface area contributed by atoms with Crippen molar-refractivity contribution in [2.24, 2.45) is 0 Å². The zero-order chi connectivity index (χ0) is 11.5. The van der Waals surface area contributed by atoms with Crippen molar-refractivity contribution in [2.45, 2.75) is 19.3 Å². The Bertz CT molecular complexity index is 239. The predicted molar refractivity (Wildman–Crippen MR) is 43.4 cm³/mol. The summed E-state index contributed by atoms with van der Waals surface area (Å²) in [6.45, 7) is 4.72. The van der Waals surface area contributed by atoms with E-state index >= 15 is 0 Å². The Kier molecular flexibility index (Phi) is 4.09. The van der Waals surface area contributed by atoms with Gasteiger partial charge in [0, 0.05) is 13.6 Å². The van der Waals surface area contributed by atoms with Crippen molar-refractivity contribution in [1.82, 2.24) is 4.90 Å². The average molecular weight is 213 g/mol. The zero-order valence-corrected chi connectivity index (χ0v) is 7.86. The first-order chi connectivity index (χ1) is 6.19. The number of hydrogen-bond acceptors (Lipinski definition) is 1. The van der Waals surface area contributed by atoms with E-state index in [2.05, 4.69) is 6.58 Å². The summed E-state index contributed by atoms with van der Waals surface area (Å²) in [6, 6.07) is 0. The van der Waals surface area contributed by atoms with Crippen molar-refractivity contribution in [3.05, 3.63) is 12.2 Å². The summed E-state index contributed by atoms with van der Waals surface area (Å²) in [7, 11) is 1.02. The summed E-state index contributed by atoms with van der Waals surface area (Å²) in [5.41, 5.74) is 0.436. The van der Waals surface area contributed by atoms with E-state index < -0.39 is 18.3 Å². The molecule has 0 aliphatic carbocycles. The maximum absolute atomic E-state index is 12.5. The molecule has 1 amide bonds. The SMILES string of the molecule is C=C(C)CN(C)C(=O)C(F)(F)C(F)F. The second-order valence-electron chi connectivity index (χ2n) is 3.04. The van der Waals surface area contributed by atoms with Crippen LogP contribution in [0.1, 0.15) is 6.92 Å². The van der Waals surface area contributed by atoms with Crippen molar-refractivity contribution in [3.8, 4) is 0 Å². The summed E-state index contributed by atoms with van der Waals surface area (Å²) < 4.78 is 48.4. The van der Waals surface area contributed by atoms with Crippen LogP contribution in [0.4, 0.5) is 17.6 Å². The van der Waals surface area contributed by atoms with Gasteiger partial charge in [-0.05, 0) is 6.92 Å². The molecule has 0 aliphatic rings. The van der Waals surface area contributed by atoms with Crippen molar-refractivity contribution < 1.29 is 22.4 Å². The lowest BCUT2D eigenvalue weighted by Gasteiger charge is -2.22. The molecule has 0 spiro atoms. The lowest BCUT2D eigenvalue weighted by atomic mass is 10.2. The van der Waals surface area contributed by atoms with Gasteiger partial charge in [0.15, 0.2) is 0 Å². The fourth-order valence-corrected chi connectivity index (χ4v) is 0.824. The van der Waals surface area contributed by atoms with Crippen LogP contribution in [0.25, 0.3) is 0 Å². The first-order valence-corrected chi connectivity index (χ1v) is 3.75. The largest absolute Gasteiger partial charge is 0.383 e. The van der Waals surface area contributed by atoms with E-state index in [1.54, 1.807) is 0 Å². The highest BCUT2D eigenvalue weighted by molar-refractivity contribution is 5.83. The van der Waals surface area contributed by atoms with E-state index in [9.17, 15) is 22.4 Å². The van der Waals surface area contributed by atoms with Crippen LogP contribution in [0.5, 0.6) is 0 Å². The summed E-state index contributed by atoms with van der Waals surface area (Å²) in [4.78, 5) is 11.3. The van der Waals surface area contributed by atoms with Crippen LogP contribution in [-0.2, 0) is 4.79 Å². The van der Waals surface area contributed by atoms with E-state index in [0.717, 1.165) is 7.05 Å². The molecule has 2 nitrogen and oxygen atoms in total. The molecular weight excluding hydrogens is 202 g/mol. The Hall–Kier alpha value is -1.07. The number of alkyl halides is 4. The van der Waals surface area contributed by atoms with Crippen molar-refractivity contribution in [3.63, 3.8) is 0 Å². The van der Waals surface area contributed by atoms with Gasteiger partial charge in [-0.1, -0.05) is 12.2 Å². The third-order valence-electron chi connectivity index (χ3n) is 1.41. The van der Waals surface area contributed by atoms with Gasteiger partial charge in [0.25, 0.3) is 5.91 Å². The molecule has 0 radical (unpaired) electrons. The third-order valence-corrected chi connectivity index (χ3v) is 1.41. The summed E-state index contributed by atoms with van der Waals surface area (Å²) in [5, 5.41) is 0. The first-order valence-electron chi connectivity index (χ1n) is 3.75. The van der Waals surface area contributed by atoms with Gasteiger partial charge in [0.2, 0.25) is 0 Å². The quantitative estimate of drug-likeness (QED) is 0.516. The van der Waals surface area contributed by atoms with E-state index in [0.29, 0.717) is 10.5 Å². The Morgan fingerprint density at radius 2 is 1.93 bits per heavy atom. The molecule has 0 heterocycles. The number of likely N-dealkylation sites (N-methyl/N-ethyl adjacent to an activating group) is 1. The Morgan fingerprint density at radius 3 is 2.21 bits per heavy atom. The monoisotopic (exact) mass is 213 g/mol. The van der Waals surface area contributed by atoms with E-state index in [-0.39, 0.29) is 6.54 Å². The van der Waals surface area contributed by atoms with Crippen LogP contribution in [0, 0.1) is 0 Å². The maximum atomic E-state index is 12.5.